The topological polar surface area (TPSA) is 18.5 Å². The molecule has 0 aromatic heterocycles. The molecule has 1 heterocycles. The normalized spacial score (nSPS) is 20.5. The number of rotatable bonds is 3. The second-order valence-electron chi connectivity index (χ2n) is 5.27. The molecule has 1 N–H and O–H groups in total. The van der Waals surface area contributed by atoms with E-state index in [2.05, 4.69) is 70.3 Å². The van der Waals surface area contributed by atoms with Gasteiger partial charge in [0.1, 0.15) is 0 Å². The van der Waals surface area contributed by atoms with Crippen LogP contribution >= 0.6 is 15.9 Å². The van der Waals surface area contributed by atoms with Crippen LogP contribution in [0.25, 0.3) is 0 Å². The Balaban J connectivity index is 2.22. The van der Waals surface area contributed by atoms with Gasteiger partial charge in [0.25, 0.3) is 0 Å². The molecule has 0 saturated carbocycles. The molecule has 0 aliphatic carbocycles. The van der Waals surface area contributed by atoms with Crippen LogP contribution in [0.4, 0.5) is 5.69 Å². The van der Waals surface area contributed by atoms with Crippen molar-refractivity contribution in [2.24, 2.45) is 0 Å². The van der Waals surface area contributed by atoms with Crippen molar-refractivity contribution in [1.29, 1.82) is 0 Å². The van der Waals surface area contributed by atoms with E-state index < -0.39 is 0 Å². The summed E-state index contributed by atoms with van der Waals surface area (Å²) < 4.78 is 1.20. The van der Waals surface area contributed by atoms with Gasteiger partial charge in [0.05, 0.1) is 11.7 Å². The Morgan fingerprint density at radius 3 is 2.89 bits per heavy atom. The van der Waals surface area contributed by atoms with E-state index >= 15 is 0 Å². The molecule has 1 aliphatic heterocycles. The lowest BCUT2D eigenvalue weighted by Gasteiger charge is -2.39. The lowest BCUT2D eigenvalue weighted by molar-refractivity contribution is 0.336. The lowest BCUT2D eigenvalue weighted by atomic mass is 10.1. The quantitative estimate of drug-likeness (QED) is 0.922. The van der Waals surface area contributed by atoms with Crippen LogP contribution in [0, 0.1) is 6.92 Å². The molecule has 1 atom stereocenters. The molecule has 1 saturated heterocycles. The minimum absolute atomic E-state index is 0.535. The zero-order chi connectivity index (χ0) is 13.1. The molecule has 0 amide bonds. The maximum Gasteiger partial charge on any atom is 0.0542 e. The van der Waals surface area contributed by atoms with Crippen molar-refractivity contribution in [3.05, 3.63) is 28.2 Å². The highest BCUT2D eigenvalue weighted by molar-refractivity contribution is 9.10. The average molecular weight is 312 g/mol. The van der Waals surface area contributed by atoms with Crippen LogP contribution < -0.4 is 10.2 Å². The number of aryl methyl sites for hydroxylation is 1. The van der Waals surface area contributed by atoms with Gasteiger partial charge in [-0.3, -0.25) is 0 Å². The van der Waals surface area contributed by atoms with Gasteiger partial charge >= 0.3 is 0 Å². The van der Waals surface area contributed by atoms with Gasteiger partial charge < -0.3 is 15.1 Å². The van der Waals surface area contributed by atoms with Crippen LogP contribution in [0.2, 0.25) is 0 Å². The molecule has 1 aromatic carbocycles. The van der Waals surface area contributed by atoms with E-state index in [4.69, 9.17) is 0 Å². The first kappa shape index (κ1) is 13.8. The molecular formula is C14H22BrN3. The molecule has 0 radical (unpaired) electrons. The summed E-state index contributed by atoms with van der Waals surface area (Å²) in [5.41, 5.74) is 2.61. The van der Waals surface area contributed by atoms with Crippen molar-refractivity contribution >= 4 is 21.6 Å². The summed E-state index contributed by atoms with van der Waals surface area (Å²) in [6, 6.07) is 7.15. The molecule has 1 aromatic rings. The predicted octanol–water partition coefficient (Wildman–Crippen LogP) is 2.10. The molecule has 1 fully saturated rings. The van der Waals surface area contributed by atoms with E-state index in [0.717, 1.165) is 26.2 Å². The van der Waals surface area contributed by atoms with Crippen LogP contribution in [0.1, 0.15) is 5.56 Å². The van der Waals surface area contributed by atoms with E-state index in [1.807, 2.05) is 0 Å². The maximum absolute atomic E-state index is 3.70. The van der Waals surface area contributed by atoms with Gasteiger partial charge in [0, 0.05) is 30.7 Å². The Kier molecular flexibility index (Phi) is 4.65. The molecular weight excluding hydrogens is 290 g/mol. The highest BCUT2D eigenvalue weighted by Gasteiger charge is 2.24. The van der Waals surface area contributed by atoms with Crippen LogP contribution in [-0.4, -0.2) is 51.2 Å². The Morgan fingerprint density at radius 2 is 2.22 bits per heavy atom. The first-order chi connectivity index (χ1) is 8.58. The first-order valence-corrected chi connectivity index (χ1v) is 7.25. The minimum Gasteiger partial charge on any atom is -0.364 e. The molecule has 1 unspecified atom stereocenters. The van der Waals surface area contributed by atoms with E-state index in [-0.39, 0.29) is 0 Å². The Hall–Kier alpha value is -0.580. The Morgan fingerprint density at radius 1 is 1.44 bits per heavy atom. The smallest absolute Gasteiger partial charge is 0.0542 e. The predicted molar refractivity (Wildman–Crippen MR) is 81.4 cm³/mol. The number of hydrogen-bond donors (Lipinski definition) is 1. The summed E-state index contributed by atoms with van der Waals surface area (Å²) in [6.45, 7) is 6.39. The van der Waals surface area contributed by atoms with Crippen molar-refractivity contribution in [3.63, 3.8) is 0 Å². The number of benzene rings is 1. The van der Waals surface area contributed by atoms with Gasteiger partial charge in [-0.25, -0.2) is 0 Å². The van der Waals surface area contributed by atoms with Gasteiger partial charge in [-0.05, 0) is 54.6 Å². The van der Waals surface area contributed by atoms with Crippen molar-refractivity contribution in [2.75, 3.05) is 45.2 Å². The van der Waals surface area contributed by atoms with Gasteiger partial charge in [-0.15, -0.1) is 0 Å². The third kappa shape index (κ3) is 3.25. The molecule has 0 bridgehead atoms. The molecule has 1 aliphatic rings. The zero-order valence-electron chi connectivity index (χ0n) is 11.4. The highest BCUT2D eigenvalue weighted by Crippen LogP contribution is 2.29. The second-order valence-corrected chi connectivity index (χ2v) is 6.12. The maximum atomic E-state index is 3.70. The number of nitrogens with zero attached hydrogens (tertiary/aromatic N) is 2. The molecule has 18 heavy (non-hydrogen) atoms. The van der Waals surface area contributed by atoms with Crippen LogP contribution in [0.15, 0.2) is 22.7 Å². The van der Waals surface area contributed by atoms with Crippen molar-refractivity contribution in [2.45, 2.75) is 13.0 Å². The molecule has 3 nitrogen and oxygen atoms in total. The van der Waals surface area contributed by atoms with Crippen molar-refractivity contribution in [1.82, 2.24) is 10.2 Å². The van der Waals surface area contributed by atoms with E-state index in [9.17, 15) is 0 Å². The minimum atomic E-state index is 0.535. The molecule has 0 spiro atoms. The molecule has 100 valence electrons. The first-order valence-electron chi connectivity index (χ1n) is 6.46. The molecule has 2 rings (SSSR count). The van der Waals surface area contributed by atoms with E-state index in [1.54, 1.807) is 0 Å². The summed E-state index contributed by atoms with van der Waals surface area (Å²) >= 11 is 3.70. The van der Waals surface area contributed by atoms with Crippen molar-refractivity contribution < 1.29 is 0 Å². The van der Waals surface area contributed by atoms with Crippen molar-refractivity contribution in [3.8, 4) is 0 Å². The summed E-state index contributed by atoms with van der Waals surface area (Å²) in [6.07, 6.45) is 0. The van der Waals surface area contributed by atoms with Gasteiger partial charge in [-0.2, -0.15) is 0 Å². The summed E-state index contributed by atoms with van der Waals surface area (Å²) in [5.74, 6) is 0. The average Bonchev–Trinajstić information content (AvgIpc) is 2.30. The number of halogens is 1. The number of hydrogen-bond acceptors (Lipinski definition) is 3. The highest BCUT2D eigenvalue weighted by atomic mass is 79.9. The Bertz CT molecular complexity index is 406. The third-order valence-corrected chi connectivity index (χ3v) is 3.97. The van der Waals surface area contributed by atoms with Crippen LogP contribution in [-0.2, 0) is 0 Å². The number of piperazine rings is 1. The number of nitrogens with one attached hydrogen (secondary N) is 1. The van der Waals surface area contributed by atoms with Crippen LogP contribution in [0.3, 0.4) is 0 Å². The number of likely N-dealkylation sites (N-methyl/N-ethyl adjacent to an activating group) is 1. The zero-order valence-corrected chi connectivity index (χ0v) is 13.0. The van der Waals surface area contributed by atoms with E-state index in [1.165, 1.54) is 15.7 Å². The summed E-state index contributed by atoms with van der Waals surface area (Å²) in [7, 11) is 4.27. The fourth-order valence-corrected chi connectivity index (χ4v) is 3.23. The largest absolute Gasteiger partial charge is 0.364 e. The van der Waals surface area contributed by atoms with E-state index in [0.29, 0.717) is 6.04 Å². The Labute approximate surface area is 118 Å². The second kappa shape index (κ2) is 6.04. The van der Waals surface area contributed by atoms with Gasteiger partial charge in [-0.1, -0.05) is 6.07 Å². The fraction of sp³-hybridized carbons (Fsp3) is 0.571. The standard InChI is InChI=1S/C14H22BrN3/c1-11-4-5-14(13(15)8-11)18-7-6-16-9-12(18)10-17(2)3/h4-5,8,12,16H,6-7,9-10H2,1-3H3. The number of anilines is 1. The summed E-state index contributed by atoms with van der Waals surface area (Å²) in [5, 5.41) is 3.49. The van der Waals surface area contributed by atoms with Crippen LogP contribution in [0.5, 0.6) is 0 Å². The summed E-state index contributed by atoms with van der Waals surface area (Å²) in [4.78, 5) is 4.77. The fourth-order valence-electron chi connectivity index (χ4n) is 2.51. The lowest BCUT2D eigenvalue weighted by Crippen LogP contribution is -2.55. The SMILES string of the molecule is Cc1ccc(N2CCNCC2CN(C)C)c(Br)c1. The molecule has 4 heteroatoms. The van der Waals surface area contributed by atoms with Gasteiger partial charge in [0.15, 0.2) is 0 Å². The van der Waals surface area contributed by atoms with Gasteiger partial charge in [0.2, 0.25) is 0 Å². The third-order valence-electron chi connectivity index (χ3n) is 3.34. The monoisotopic (exact) mass is 311 g/mol.